The van der Waals surface area contributed by atoms with Gasteiger partial charge in [0.15, 0.2) is 9.84 Å². The third-order valence-corrected chi connectivity index (χ3v) is 10.6. The minimum absolute atomic E-state index is 0.143. The number of non-ortho nitro benzene ring substituents is 1. The molecule has 0 aliphatic heterocycles. The van der Waals surface area contributed by atoms with E-state index in [0.717, 1.165) is 42.2 Å². The zero-order chi connectivity index (χ0) is 33.5. The average molecular weight is 698 g/mol. The number of anilines is 3. The lowest BCUT2D eigenvalue weighted by molar-refractivity contribution is -0.384. The summed E-state index contributed by atoms with van der Waals surface area (Å²) in [6.45, 7) is 9.08. The van der Waals surface area contributed by atoms with Gasteiger partial charge < -0.3 is 14.5 Å². The highest BCUT2D eigenvalue weighted by atomic mass is 35.5. The summed E-state index contributed by atoms with van der Waals surface area (Å²) in [5.74, 6) is -0.908. The number of hydrogen-bond donors (Lipinski definition) is 1. The molecule has 0 saturated carbocycles. The first-order chi connectivity index (χ1) is 21.2. The van der Waals surface area contributed by atoms with E-state index in [4.69, 9.17) is 27.9 Å². The summed E-state index contributed by atoms with van der Waals surface area (Å²) in [6, 6.07) is 12.5. The molecule has 2 amide bonds. The molecular weight excluding hydrogens is 663 g/mol. The molecule has 0 aliphatic carbocycles. The molecule has 0 aromatic heterocycles. The van der Waals surface area contributed by atoms with Gasteiger partial charge in [0.05, 0.1) is 21.9 Å². The first-order valence-corrected chi connectivity index (χ1v) is 17.5. The van der Waals surface area contributed by atoms with Crippen molar-refractivity contribution < 1.29 is 27.7 Å². The Labute approximate surface area is 276 Å². The number of carbonyl (C=O) groups excluding carboxylic acids is 2. The van der Waals surface area contributed by atoms with Gasteiger partial charge >= 0.3 is 6.09 Å². The molecule has 0 bridgehead atoms. The number of hydrogen-bond acceptors (Lipinski definition) is 9. The smallest absolute Gasteiger partial charge is 0.409 e. The number of sulfone groups is 1. The van der Waals surface area contributed by atoms with Crippen LogP contribution >= 0.6 is 35.0 Å². The molecule has 11 nitrogen and oxygen atoms in total. The maximum absolute atomic E-state index is 13.9. The van der Waals surface area contributed by atoms with E-state index >= 15 is 0 Å². The van der Waals surface area contributed by atoms with Crippen molar-refractivity contribution in [2.45, 2.75) is 32.6 Å². The van der Waals surface area contributed by atoms with Gasteiger partial charge in [-0.05, 0) is 75.2 Å². The van der Waals surface area contributed by atoms with E-state index in [-0.39, 0.29) is 34.1 Å². The Morgan fingerprint density at radius 3 is 2.33 bits per heavy atom. The van der Waals surface area contributed by atoms with Gasteiger partial charge in [0.1, 0.15) is 11.0 Å². The van der Waals surface area contributed by atoms with Crippen LogP contribution in [0, 0.1) is 24.0 Å². The van der Waals surface area contributed by atoms with E-state index in [1.54, 1.807) is 24.3 Å². The zero-order valence-electron chi connectivity index (χ0n) is 25.4. The number of halogens is 2. The Bertz CT molecular complexity index is 1700. The van der Waals surface area contributed by atoms with Crippen molar-refractivity contribution in [3.8, 4) is 5.75 Å². The Balaban J connectivity index is 1.94. The zero-order valence-corrected chi connectivity index (χ0v) is 28.6. The minimum atomic E-state index is -3.45. The molecule has 0 saturated heterocycles. The van der Waals surface area contributed by atoms with Crippen molar-refractivity contribution in [3.63, 3.8) is 0 Å². The van der Waals surface area contributed by atoms with Crippen LogP contribution in [-0.4, -0.2) is 62.2 Å². The van der Waals surface area contributed by atoms with Crippen molar-refractivity contribution >= 4 is 79.6 Å². The quantitative estimate of drug-likeness (QED) is 0.0844. The normalized spacial score (nSPS) is 11.2. The molecule has 0 spiro atoms. The largest absolute Gasteiger partial charge is 0.417 e. The molecule has 1 N–H and O–H groups in total. The van der Waals surface area contributed by atoms with Gasteiger partial charge in [-0.1, -0.05) is 11.6 Å². The molecule has 0 radical (unpaired) electrons. The second-order valence-electron chi connectivity index (χ2n) is 9.96. The van der Waals surface area contributed by atoms with Crippen LogP contribution in [-0.2, 0) is 9.84 Å². The van der Waals surface area contributed by atoms with Crippen LogP contribution in [0.25, 0.3) is 0 Å². The molecule has 0 atom stereocenters. The summed E-state index contributed by atoms with van der Waals surface area (Å²) in [7, 11) is -2.00. The number of thioether (sulfide) groups is 1. The summed E-state index contributed by atoms with van der Waals surface area (Å²) in [5.41, 5.74) is 2.26. The van der Waals surface area contributed by atoms with Crippen LogP contribution in [0.4, 0.5) is 27.5 Å². The Hall–Kier alpha value is -3.52. The topological polar surface area (TPSA) is 139 Å². The van der Waals surface area contributed by atoms with Gasteiger partial charge in [0.2, 0.25) is 0 Å². The highest BCUT2D eigenvalue weighted by Gasteiger charge is 2.27. The van der Waals surface area contributed by atoms with Crippen LogP contribution in [0.5, 0.6) is 5.75 Å². The molecule has 242 valence electrons. The van der Waals surface area contributed by atoms with Crippen LogP contribution in [0.2, 0.25) is 5.02 Å². The van der Waals surface area contributed by atoms with E-state index < -0.39 is 32.0 Å². The Kier molecular flexibility index (Phi) is 12.5. The molecule has 3 aromatic carbocycles. The lowest BCUT2D eigenvalue weighted by atomic mass is 10.1. The Morgan fingerprint density at radius 2 is 1.73 bits per heavy atom. The second-order valence-corrected chi connectivity index (χ2v) is 14.3. The van der Waals surface area contributed by atoms with E-state index in [9.17, 15) is 28.1 Å². The molecule has 0 unspecified atom stereocenters. The van der Waals surface area contributed by atoms with Gasteiger partial charge in [-0.15, -0.1) is 23.4 Å². The van der Waals surface area contributed by atoms with Gasteiger partial charge in [0.25, 0.3) is 11.6 Å². The number of nitro benzene ring substituents is 1. The summed E-state index contributed by atoms with van der Waals surface area (Å²) in [5, 5.41) is 14.2. The standard InChI is InChI=1S/C30H34Cl2N4O7S2/c1-6-35(7-2)22-9-10-25(19(3)14-22)33-30(38)43-28-20(4)15-23(36(39)40)17-24(28)29(37)34(5)26-11-8-21(32)16-27(26)44-12-13-45(41,42)18-31/h8-11,14-17H,6-7,12-13,18H2,1-5H3,(H,33,38). The number of alkyl halides is 1. The van der Waals surface area contributed by atoms with Gasteiger partial charge in [-0.2, -0.15) is 0 Å². The molecular formula is C30H34Cl2N4O7S2. The monoisotopic (exact) mass is 696 g/mol. The first-order valence-electron chi connectivity index (χ1n) is 13.8. The van der Waals surface area contributed by atoms with Crippen LogP contribution < -0.4 is 19.9 Å². The van der Waals surface area contributed by atoms with Gasteiger partial charge in [-0.25, -0.2) is 13.2 Å². The van der Waals surface area contributed by atoms with E-state index in [1.807, 2.05) is 32.9 Å². The minimum Gasteiger partial charge on any atom is -0.409 e. The highest BCUT2D eigenvalue weighted by molar-refractivity contribution is 8.01. The van der Waals surface area contributed by atoms with Crippen molar-refractivity contribution in [1.82, 2.24) is 0 Å². The number of benzene rings is 3. The predicted octanol–water partition coefficient (Wildman–Crippen LogP) is 7.30. The molecule has 0 fully saturated rings. The van der Waals surface area contributed by atoms with E-state index in [1.165, 1.54) is 24.9 Å². The molecule has 3 aromatic rings. The van der Waals surface area contributed by atoms with Crippen LogP contribution in [0.15, 0.2) is 53.4 Å². The molecule has 15 heteroatoms. The van der Waals surface area contributed by atoms with E-state index in [0.29, 0.717) is 21.3 Å². The maximum atomic E-state index is 13.9. The summed E-state index contributed by atoms with van der Waals surface area (Å²) in [4.78, 5) is 41.9. The van der Waals surface area contributed by atoms with Crippen LogP contribution in [0.3, 0.4) is 0 Å². The number of aryl methyl sites for hydroxylation is 2. The lowest BCUT2D eigenvalue weighted by Gasteiger charge is -2.23. The van der Waals surface area contributed by atoms with E-state index in [2.05, 4.69) is 10.2 Å². The van der Waals surface area contributed by atoms with Crippen molar-refractivity contribution in [3.05, 3.63) is 80.4 Å². The predicted molar refractivity (Wildman–Crippen MR) is 182 cm³/mol. The SMILES string of the molecule is CCN(CC)c1ccc(NC(=O)Oc2c(C)cc([N+](=O)[O-])cc2C(=O)N(C)c2ccc(Cl)cc2SCCS(=O)(=O)CCl)c(C)c1. The number of ether oxygens (including phenoxy) is 1. The average Bonchev–Trinajstić information content (AvgIpc) is 2.99. The number of nitro groups is 1. The van der Waals surface area contributed by atoms with Crippen LogP contribution in [0.1, 0.15) is 35.3 Å². The van der Waals surface area contributed by atoms with Crippen molar-refractivity contribution in [1.29, 1.82) is 0 Å². The van der Waals surface area contributed by atoms with Crippen molar-refractivity contribution in [2.24, 2.45) is 0 Å². The van der Waals surface area contributed by atoms with Gasteiger partial charge in [0, 0.05) is 59.3 Å². The fourth-order valence-electron chi connectivity index (χ4n) is 4.46. The molecule has 0 aliphatic rings. The van der Waals surface area contributed by atoms with Gasteiger partial charge in [-0.3, -0.25) is 20.2 Å². The molecule has 45 heavy (non-hydrogen) atoms. The third-order valence-electron chi connectivity index (χ3n) is 6.88. The summed E-state index contributed by atoms with van der Waals surface area (Å²) < 4.78 is 29.4. The fourth-order valence-corrected chi connectivity index (χ4v) is 7.27. The molecule has 3 rings (SSSR count). The first kappa shape index (κ1) is 36.0. The summed E-state index contributed by atoms with van der Waals surface area (Å²) >= 11 is 12.9. The fraction of sp³-hybridized carbons (Fsp3) is 0.333. The lowest BCUT2D eigenvalue weighted by Crippen LogP contribution is -2.28. The number of nitrogens with one attached hydrogen (secondary N) is 1. The van der Waals surface area contributed by atoms with Crippen molar-refractivity contribution in [2.75, 3.05) is 52.0 Å². The maximum Gasteiger partial charge on any atom is 0.417 e. The Morgan fingerprint density at radius 1 is 1.04 bits per heavy atom. The number of rotatable bonds is 13. The highest BCUT2D eigenvalue weighted by Crippen LogP contribution is 2.36. The third kappa shape index (κ3) is 9.25. The second kappa shape index (κ2) is 15.7. The number of amides is 2. The number of nitrogens with zero attached hydrogens (tertiary/aromatic N) is 3. The molecule has 0 heterocycles. The number of carbonyl (C=O) groups is 2. The summed E-state index contributed by atoms with van der Waals surface area (Å²) in [6.07, 6.45) is -0.884.